The third kappa shape index (κ3) is 2.06. The van der Waals surface area contributed by atoms with E-state index in [1.807, 2.05) is 19.9 Å². The molecule has 2 aromatic rings. The van der Waals surface area contributed by atoms with Crippen LogP contribution in [-0.4, -0.2) is 16.4 Å². The van der Waals surface area contributed by atoms with Gasteiger partial charge in [0, 0.05) is 16.6 Å². The molecule has 1 aliphatic carbocycles. The van der Waals surface area contributed by atoms with Crippen molar-refractivity contribution in [1.29, 1.82) is 0 Å². The number of hydrogen-bond donors (Lipinski definition) is 2. The molecule has 0 bridgehead atoms. The Labute approximate surface area is 122 Å². The lowest BCUT2D eigenvalue weighted by atomic mass is 9.78. The molecule has 0 spiro atoms. The number of nitrogen functional groups attached to an aromatic ring is 1. The van der Waals surface area contributed by atoms with Gasteiger partial charge in [-0.1, -0.05) is 0 Å². The molecule has 1 aliphatic rings. The van der Waals surface area contributed by atoms with Gasteiger partial charge in [0.25, 0.3) is 5.91 Å². The van der Waals surface area contributed by atoms with Gasteiger partial charge in [-0.15, -0.1) is 11.3 Å². The molecule has 0 unspecified atom stereocenters. The first-order chi connectivity index (χ1) is 9.39. The van der Waals surface area contributed by atoms with Gasteiger partial charge in [-0.2, -0.15) is 0 Å². The van der Waals surface area contributed by atoms with E-state index in [9.17, 15) is 4.79 Å². The predicted octanol–water partition coefficient (Wildman–Crippen LogP) is 3.17. The van der Waals surface area contributed by atoms with E-state index in [0.717, 1.165) is 34.3 Å². The van der Waals surface area contributed by atoms with Gasteiger partial charge in [0.05, 0.1) is 5.69 Å². The number of aryl methyl sites for hydroxylation is 2. The lowest BCUT2D eigenvalue weighted by Gasteiger charge is -2.39. The molecular formula is C15H19N3OS. The summed E-state index contributed by atoms with van der Waals surface area (Å²) >= 11 is 1.39. The summed E-state index contributed by atoms with van der Waals surface area (Å²) < 4.78 is 0. The highest BCUT2D eigenvalue weighted by Crippen LogP contribution is 2.36. The number of pyridine rings is 1. The number of thiophene rings is 1. The lowest BCUT2D eigenvalue weighted by Crippen LogP contribution is -2.50. The fraction of sp³-hybridized carbons (Fsp3) is 0.467. The van der Waals surface area contributed by atoms with Gasteiger partial charge >= 0.3 is 0 Å². The molecule has 0 aliphatic heterocycles. The number of aromatic nitrogens is 1. The third-order valence-corrected chi connectivity index (χ3v) is 5.20. The van der Waals surface area contributed by atoms with Crippen LogP contribution in [0.2, 0.25) is 0 Å². The van der Waals surface area contributed by atoms with Crippen LogP contribution in [-0.2, 0) is 0 Å². The minimum absolute atomic E-state index is 0.0575. The Morgan fingerprint density at radius 1 is 1.45 bits per heavy atom. The van der Waals surface area contributed by atoms with Crippen LogP contribution in [0.4, 0.5) is 5.69 Å². The summed E-state index contributed by atoms with van der Waals surface area (Å²) in [7, 11) is 0. The Balaban J connectivity index is 2.01. The Morgan fingerprint density at radius 2 is 2.15 bits per heavy atom. The molecule has 1 saturated carbocycles. The van der Waals surface area contributed by atoms with E-state index in [1.54, 1.807) is 0 Å². The van der Waals surface area contributed by atoms with Crippen molar-refractivity contribution >= 4 is 33.1 Å². The molecule has 2 heterocycles. The summed E-state index contributed by atoms with van der Waals surface area (Å²) in [6.45, 7) is 6.05. The highest BCUT2D eigenvalue weighted by Gasteiger charge is 2.34. The molecule has 0 atom stereocenters. The number of nitrogens with two attached hydrogens (primary N) is 1. The van der Waals surface area contributed by atoms with E-state index in [2.05, 4.69) is 17.2 Å². The fourth-order valence-electron chi connectivity index (χ4n) is 2.80. The minimum Gasteiger partial charge on any atom is -0.397 e. The van der Waals surface area contributed by atoms with Gasteiger partial charge in [0.1, 0.15) is 9.71 Å². The standard InChI is InChI=1S/C15H19N3OS/c1-8-7-9(2)17-14-10(8)11(16)12(20-14)13(19)18-15(3)5-4-6-15/h7H,4-6,16H2,1-3H3,(H,18,19). The van der Waals surface area contributed by atoms with Crippen molar-refractivity contribution in [3.8, 4) is 0 Å². The maximum atomic E-state index is 12.4. The number of rotatable bonds is 2. The number of nitrogens with zero attached hydrogens (tertiary/aromatic N) is 1. The first-order valence-electron chi connectivity index (χ1n) is 6.88. The van der Waals surface area contributed by atoms with Crippen molar-refractivity contribution < 1.29 is 4.79 Å². The minimum atomic E-state index is -0.0650. The van der Waals surface area contributed by atoms with Gasteiger partial charge < -0.3 is 11.1 Å². The number of anilines is 1. The second-order valence-electron chi connectivity index (χ2n) is 5.97. The Morgan fingerprint density at radius 3 is 2.75 bits per heavy atom. The van der Waals surface area contributed by atoms with E-state index in [0.29, 0.717) is 10.6 Å². The van der Waals surface area contributed by atoms with Gasteiger partial charge in [-0.25, -0.2) is 4.98 Å². The predicted molar refractivity (Wildman–Crippen MR) is 83.2 cm³/mol. The maximum absolute atomic E-state index is 12.4. The number of amides is 1. The second kappa shape index (κ2) is 4.45. The van der Waals surface area contributed by atoms with Crippen molar-refractivity contribution in [3.63, 3.8) is 0 Å². The first-order valence-corrected chi connectivity index (χ1v) is 7.70. The van der Waals surface area contributed by atoms with Crippen molar-refractivity contribution in [2.45, 2.75) is 45.6 Å². The van der Waals surface area contributed by atoms with Crippen molar-refractivity contribution in [3.05, 3.63) is 22.2 Å². The smallest absolute Gasteiger partial charge is 0.263 e. The molecule has 0 aromatic carbocycles. The van der Waals surface area contributed by atoms with Gasteiger partial charge in [0.15, 0.2) is 0 Å². The number of carbonyl (C=O) groups excluding carboxylic acids is 1. The molecule has 106 valence electrons. The number of hydrogen-bond acceptors (Lipinski definition) is 4. The largest absolute Gasteiger partial charge is 0.397 e. The molecule has 1 amide bonds. The summed E-state index contributed by atoms with van der Waals surface area (Å²) in [5, 5.41) is 4.03. The lowest BCUT2D eigenvalue weighted by molar-refractivity contribution is 0.0855. The van der Waals surface area contributed by atoms with Gasteiger partial charge in [0.2, 0.25) is 0 Å². The molecule has 3 N–H and O–H groups in total. The quantitative estimate of drug-likeness (QED) is 0.892. The highest BCUT2D eigenvalue weighted by molar-refractivity contribution is 7.21. The zero-order valence-corrected chi connectivity index (χ0v) is 12.9. The molecule has 20 heavy (non-hydrogen) atoms. The highest BCUT2D eigenvalue weighted by atomic mass is 32.1. The second-order valence-corrected chi connectivity index (χ2v) is 6.97. The molecule has 5 heteroatoms. The van der Waals surface area contributed by atoms with E-state index in [-0.39, 0.29) is 11.4 Å². The monoisotopic (exact) mass is 289 g/mol. The van der Waals surface area contributed by atoms with Crippen molar-refractivity contribution in [2.75, 3.05) is 5.73 Å². The van der Waals surface area contributed by atoms with Crippen LogP contribution < -0.4 is 11.1 Å². The van der Waals surface area contributed by atoms with E-state index >= 15 is 0 Å². The van der Waals surface area contributed by atoms with Crippen molar-refractivity contribution in [2.24, 2.45) is 0 Å². The van der Waals surface area contributed by atoms with Crippen LogP contribution in [0.1, 0.15) is 47.1 Å². The Bertz CT molecular complexity index is 701. The van der Waals surface area contributed by atoms with Gasteiger partial charge in [-0.3, -0.25) is 4.79 Å². The molecule has 0 saturated heterocycles. The van der Waals surface area contributed by atoms with Crippen LogP contribution in [0, 0.1) is 13.8 Å². The maximum Gasteiger partial charge on any atom is 0.263 e. The number of carbonyl (C=O) groups is 1. The Hall–Kier alpha value is -1.62. The molecule has 2 aromatic heterocycles. The number of nitrogens with one attached hydrogen (secondary N) is 1. The van der Waals surface area contributed by atoms with Crippen LogP contribution >= 0.6 is 11.3 Å². The first kappa shape index (κ1) is 13.4. The molecule has 4 nitrogen and oxygen atoms in total. The topological polar surface area (TPSA) is 68.0 Å². The van der Waals surface area contributed by atoms with E-state index in [4.69, 9.17) is 5.73 Å². The number of fused-ring (bicyclic) bond motifs is 1. The zero-order chi connectivity index (χ0) is 14.5. The summed E-state index contributed by atoms with van der Waals surface area (Å²) in [5.41, 5.74) is 8.72. The third-order valence-electron chi connectivity index (χ3n) is 4.10. The van der Waals surface area contributed by atoms with Crippen LogP contribution in [0.3, 0.4) is 0 Å². The normalized spacial score (nSPS) is 16.9. The average Bonchev–Trinajstić information content (AvgIpc) is 2.64. The van der Waals surface area contributed by atoms with Crippen LogP contribution in [0.5, 0.6) is 0 Å². The molecule has 1 fully saturated rings. The summed E-state index contributed by atoms with van der Waals surface area (Å²) in [5.74, 6) is -0.0650. The molecular weight excluding hydrogens is 270 g/mol. The summed E-state index contributed by atoms with van der Waals surface area (Å²) in [4.78, 5) is 18.4. The van der Waals surface area contributed by atoms with E-state index < -0.39 is 0 Å². The molecule has 3 rings (SSSR count). The van der Waals surface area contributed by atoms with E-state index in [1.165, 1.54) is 17.8 Å². The summed E-state index contributed by atoms with van der Waals surface area (Å²) in [6, 6.07) is 2.00. The van der Waals surface area contributed by atoms with Crippen molar-refractivity contribution in [1.82, 2.24) is 10.3 Å². The Kier molecular flexibility index (Phi) is 2.97. The average molecular weight is 289 g/mol. The van der Waals surface area contributed by atoms with Gasteiger partial charge in [-0.05, 0) is 51.7 Å². The summed E-state index contributed by atoms with van der Waals surface area (Å²) in [6.07, 6.45) is 3.26. The van der Waals surface area contributed by atoms with Crippen LogP contribution in [0.25, 0.3) is 10.2 Å². The SMILES string of the molecule is Cc1cc(C)c2c(N)c(C(=O)NC3(C)CCC3)sc2n1. The zero-order valence-electron chi connectivity index (χ0n) is 12.0. The molecule has 0 radical (unpaired) electrons. The fourth-order valence-corrected chi connectivity index (χ4v) is 3.91. The van der Waals surface area contributed by atoms with Crippen LogP contribution in [0.15, 0.2) is 6.07 Å².